The van der Waals surface area contributed by atoms with Crippen molar-refractivity contribution in [1.29, 1.82) is 0 Å². The Bertz CT molecular complexity index is 1350. The quantitative estimate of drug-likeness (QED) is 0.383. The van der Waals surface area contributed by atoms with Crippen molar-refractivity contribution in [3.05, 3.63) is 76.3 Å². The normalized spacial score (nSPS) is 17.4. The smallest absolute Gasteiger partial charge is 0.127 e. The van der Waals surface area contributed by atoms with Crippen molar-refractivity contribution >= 4 is 5.97 Å². The molecule has 1 aliphatic carbocycles. The van der Waals surface area contributed by atoms with E-state index in [-0.39, 0.29) is 24.5 Å². The van der Waals surface area contributed by atoms with Crippen LogP contribution in [0, 0.1) is 20.8 Å². The van der Waals surface area contributed by atoms with Gasteiger partial charge < -0.3 is 34.3 Å². The first-order chi connectivity index (χ1) is 18.7. The van der Waals surface area contributed by atoms with E-state index in [1.807, 2.05) is 36.4 Å². The standard InChI is InChI=1S/C32H36O7/c1-19-13-25(37-12-9-23(34)17-33)14-20(2)31(19)26-6-4-5-22(21(26)3)18-38-24-7-8-27-28(16-30(35)36)32(10-11-32)39-29(27)15-24/h4-8,13-15,23,28,33-34H,9-12,16-18H2,1-3H3,(H,35,36)/p-1/t23-,28?/m0/s1. The fourth-order valence-electron chi connectivity index (χ4n) is 5.70. The van der Waals surface area contributed by atoms with Crippen molar-refractivity contribution in [3.8, 4) is 28.4 Å². The second-order valence-corrected chi connectivity index (χ2v) is 10.8. The SMILES string of the molecule is Cc1cc(OCC[C@H](O)CO)cc(C)c1-c1cccc(COc2ccc3c(c2)OC2(CC2)C3CC(=O)[O-])c1C. The maximum absolute atomic E-state index is 11.3. The largest absolute Gasteiger partial charge is 0.550 e. The number of carboxylic acids is 1. The van der Waals surface area contributed by atoms with E-state index in [0.29, 0.717) is 31.1 Å². The van der Waals surface area contributed by atoms with Gasteiger partial charge in [-0.15, -0.1) is 0 Å². The van der Waals surface area contributed by atoms with Gasteiger partial charge in [-0.3, -0.25) is 0 Å². The van der Waals surface area contributed by atoms with Gasteiger partial charge in [-0.25, -0.2) is 0 Å². The third-order valence-corrected chi connectivity index (χ3v) is 7.97. The lowest BCUT2D eigenvalue weighted by Gasteiger charge is -2.18. The molecule has 5 rings (SSSR count). The third-order valence-electron chi connectivity index (χ3n) is 7.97. The van der Waals surface area contributed by atoms with Crippen LogP contribution in [0.5, 0.6) is 17.2 Å². The number of carbonyl (C=O) groups excluding carboxylic acids is 1. The zero-order valence-electron chi connectivity index (χ0n) is 22.7. The predicted octanol–water partition coefficient (Wildman–Crippen LogP) is 4.13. The number of carbonyl (C=O) groups is 1. The number of carboxylic acid groups (broad SMARTS) is 1. The number of hydrogen-bond acceptors (Lipinski definition) is 7. The summed E-state index contributed by atoms with van der Waals surface area (Å²) in [5, 5.41) is 29.8. The Kier molecular flexibility index (Phi) is 7.56. The summed E-state index contributed by atoms with van der Waals surface area (Å²) >= 11 is 0. The fourth-order valence-corrected chi connectivity index (χ4v) is 5.70. The number of aliphatic hydroxyl groups is 2. The summed E-state index contributed by atoms with van der Waals surface area (Å²) in [5.74, 6) is 0.916. The minimum absolute atomic E-state index is 0.0298. The number of ether oxygens (including phenoxy) is 3. The van der Waals surface area contributed by atoms with Gasteiger partial charge in [0, 0.05) is 29.9 Å². The summed E-state index contributed by atoms with van der Waals surface area (Å²) in [7, 11) is 0. The van der Waals surface area contributed by atoms with Crippen LogP contribution >= 0.6 is 0 Å². The maximum Gasteiger partial charge on any atom is 0.127 e. The van der Waals surface area contributed by atoms with Gasteiger partial charge in [0.05, 0.1) is 19.3 Å². The van der Waals surface area contributed by atoms with Crippen molar-refractivity contribution in [3.63, 3.8) is 0 Å². The van der Waals surface area contributed by atoms with Gasteiger partial charge in [0.25, 0.3) is 0 Å². The topological polar surface area (TPSA) is 108 Å². The summed E-state index contributed by atoms with van der Waals surface area (Å²) in [5.41, 5.74) is 7.19. The molecule has 3 aromatic rings. The summed E-state index contributed by atoms with van der Waals surface area (Å²) in [6.45, 7) is 6.67. The van der Waals surface area contributed by atoms with Gasteiger partial charge in [-0.1, -0.05) is 24.3 Å². The van der Waals surface area contributed by atoms with E-state index < -0.39 is 12.1 Å². The first-order valence-corrected chi connectivity index (χ1v) is 13.5. The highest BCUT2D eigenvalue weighted by molar-refractivity contribution is 5.75. The van der Waals surface area contributed by atoms with Gasteiger partial charge >= 0.3 is 0 Å². The Morgan fingerprint density at radius 3 is 2.49 bits per heavy atom. The minimum Gasteiger partial charge on any atom is -0.550 e. The van der Waals surface area contributed by atoms with Crippen LogP contribution in [0.15, 0.2) is 48.5 Å². The lowest BCUT2D eigenvalue weighted by atomic mass is 9.90. The monoisotopic (exact) mass is 531 g/mol. The molecule has 0 amide bonds. The summed E-state index contributed by atoms with van der Waals surface area (Å²) < 4.78 is 18.2. The zero-order valence-corrected chi connectivity index (χ0v) is 22.7. The minimum atomic E-state index is -1.05. The van der Waals surface area contributed by atoms with E-state index in [4.69, 9.17) is 19.3 Å². The number of aliphatic carboxylic acids is 1. The van der Waals surface area contributed by atoms with Gasteiger partial charge in [-0.05, 0) is 91.6 Å². The number of benzene rings is 3. The van der Waals surface area contributed by atoms with Crippen LogP contribution in [-0.4, -0.2) is 41.1 Å². The highest BCUT2D eigenvalue weighted by Gasteiger charge is 2.57. The van der Waals surface area contributed by atoms with Crippen LogP contribution in [0.4, 0.5) is 0 Å². The molecule has 206 valence electrons. The van der Waals surface area contributed by atoms with E-state index in [9.17, 15) is 15.0 Å². The van der Waals surface area contributed by atoms with Crippen LogP contribution in [0.2, 0.25) is 0 Å². The van der Waals surface area contributed by atoms with Crippen LogP contribution in [0.1, 0.15) is 59.4 Å². The van der Waals surface area contributed by atoms with E-state index in [2.05, 4.69) is 32.9 Å². The second kappa shape index (κ2) is 10.9. The van der Waals surface area contributed by atoms with Gasteiger partial charge in [-0.2, -0.15) is 0 Å². The first-order valence-electron chi connectivity index (χ1n) is 13.5. The third kappa shape index (κ3) is 5.60. The number of rotatable bonds is 11. The number of fused-ring (bicyclic) bond motifs is 1. The Morgan fingerprint density at radius 2 is 1.82 bits per heavy atom. The Balaban J connectivity index is 1.30. The first kappa shape index (κ1) is 27.0. The van der Waals surface area contributed by atoms with E-state index in [1.54, 1.807) is 0 Å². The molecule has 7 heteroatoms. The molecule has 1 saturated carbocycles. The van der Waals surface area contributed by atoms with Crippen molar-refractivity contribution in [1.82, 2.24) is 0 Å². The summed E-state index contributed by atoms with van der Waals surface area (Å²) in [4.78, 5) is 11.3. The molecule has 0 saturated heterocycles. The molecule has 1 spiro atoms. The van der Waals surface area contributed by atoms with Crippen molar-refractivity contribution in [2.75, 3.05) is 13.2 Å². The van der Waals surface area contributed by atoms with Crippen molar-refractivity contribution < 1.29 is 34.3 Å². The summed E-state index contributed by atoms with van der Waals surface area (Å²) in [6, 6.07) is 15.9. The molecule has 2 aliphatic rings. The molecule has 2 N–H and O–H groups in total. The molecule has 3 aromatic carbocycles. The Labute approximate surface area is 229 Å². The molecule has 39 heavy (non-hydrogen) atoms. The Hall–Kier alpha value is -3.55. The molecule has 1 heterocycles. The number of hydrogen-bond donors (Lipinski definition) is 2. The van der Waals surface area contributed by atoms with E-state index in [1.165, 1.54) is 0 Å². The van der Waals surface area contributed by atoms with Gasteiger partial charge in [0.1, 0.15) is 29.5 Å². The van der Waals surface area contributed by atoms with Crippen LogP contribution in [-0.2, 0) is 11.4 Å². The summed E-state index contributed by atoms with van der Waals surface area (Å²) in [6.07, 6.45) is 1.29. The fraction of sp³-hybridized carbons (Fsp3) is 0.406. The number of aliphatic hydroxyl groups excluding tert-OH is 2. The average molecular weight is 532 g/mol. The van der Waals surface area contributed by atoms with Crippen molar-refractivity contribution in [2.24, 2.45) is 0 Å². The Morgan fingerprint density at radius 1 is 1.08 bits per heavy atom. The van der Waals surface area contributed by atoms with Crippen LogP contribution < -0.4 is 19.3 Å². The zero-order chi connectivity index (χ0) is 27.7. The predicted molar refractivity (Wildman–Crippen MR) is 145 cm³/mol. The van der Waals surface area contributed by atoms with E-state index in [0.717, 1.165) is 57.5 Å². The number of aryl methyl sites for hydroxylation is 2. The maximum atomic E-state index is 11.3. The second-order valence-electron chi connectivity index (χ2n) is 10.8. The average Bonchev–Trinajstić information content (AvgIpc) is 3.61. The molecule has 1 aliphatic heterocycles. The molecule has 7 nitrogen and oxygen atoms in total. The highest BCUT2D eigenvalue weighted by atomic mass is 16.5. The molecule has 1 unspecified atom stereocenters. The molecule has 0 radical (unpaired) electrons. The highest BCUT2D eigenvalue weighted by Crippen LogP contribution is 2.59. The molecular weight excluding hydrogens is 496 g/mol. The molecule has 0 bridgehead atoms. The van der Waals surface area contributed by atoms with Crippen LogP contribution in [0.25, 0.3) is 11.1 Å². The van der Waals surface area contributed by atoms with Crippen molar-refractivity contribution in [2.45, 2.75) is 70.7 Å². The molecule has 1 fully saturated rings. The lowest BCUT2D eigenvalue weighted by Crippen LogP contribution is -2.29. The molecular formula is C32H35O7-. The van der Waals surface area contributed by atoms with Gasteiger partial charge in [0.2, 0.25) is 0 Å². The molecule has 2 atom stereocenters. The van der Waals surface area contributed by atoms with E-state index >= 15 is 0 Å². The van der Waals surface area contributed by atoms with Gasteiger partial charge in [0.15, 0.2) is 0 Å². The molecule has 0 aromatic heterocycles. The van der Waals surface area contributed by atoms with Crippen LogP contribution in [0.3, 0.4) is 0 Å². The lowest BCUT2D eigenvalue weighted by molar-refractivity contribution is -0.306.